The SMILES string of the molecule is O=C(O)C1CCCCN1C(c1cccs1)c1ccc(Br)s1. The zero-order valence-corrected chi connectivity index (χ0v) is 14.6. The van der Waals surface area contributed by atoms with Crippen LogP contribution in [0.5, 0.6) is 0 Å². The van der Waals surface area contributed by atoms with Gasteiger partial charge in [-0.3, -0.25) is 9.69 Å². The molecule has 0 aliphatic carbocycles. The lowest BCUT2D eigenvalue weighted by atomic mass is 9.98. The number of carboxylic acids is 1. The molecule has 0 amide bonds. The fourth-order valence-corrected chi connectivity index (χ4v) is 5.42. The van der Waals surface area contributed by atoms with Gasteiger partial charge in [-0.05, 0) is 58.9 Å². The van der Waals surface area contributed by atoms with Crippen LogP contribution in [0, 0.1) is 0 Å². The summed E-state index contributed by atoms with van der Waals surface area (Å²) in [6.07, 6.45) is 2.81. The summed E-state index contributed by atoms with van der Waals surface area (Å²) in [7, 11) is 0. The number of hydrogen-bond acceptors (Lipinski definition) is 4. The number of hydrogen-bond donors (Lipinski definition) is 1. The maximum atomic E-state index is 11.6. The highest BCUT2D eigenvalue weighted by molar-refractivity contribution is 9.11. The van der Waals surface area contributed by atoms with Gasteiger partial charge >= 0.3 is 5.97 Å². The Kier molecular flexibility index (Phi) is 4.78. The number of carbonyl (C=O) groups is 1. The van der Waals surface area contributed by atoms with Gasteiger partial charge in [0.05, 0.1) is 9.83 Å². The highest BCUT2D eigenvalue weighted by atomic mass is 79.9. The Morgan fingerprint density at radius 3 is 2.81 bits per heavy atom. The van der Waals surface area contributed by atoms with Crippen molar-refractivity contribution in [3.63, 3.8) is 0 Å². The van der Waals surface area contributed by atoms with Crippen LogP contribution in [-0.2, 0) is 4.79 Å². The highest BCUT2D eigenvalue weighted by Gasteiger charge is 2.36. The van der Waals surface area contributed by atoms with Crippen molar-refractivity contribution in [3.05, 3.63) is 43.2 Å². The number of carboxylic acid groups (broad SMARTS) is 1. The molecule has 1 fully saturated rings. The van der Waals surface area contributed by atoms with Crippen molar-refractivity contribution < 1.29 is 9.90 Å². The number of nitrogens with zero attached hydrogens (tertiary/aromatic N) is 1. The molecule has 0 spiro atoms. The molecular weight excluding hydrogens is 370 g/mol. The van der Waals surface area contributed by atoms with E-state index in [4.69, 9.17) is 0 Å². The van der Waals surface area contributed by atoms with Gasteiger partial charge in [0.15, 0.2) is 0 Å². The van der Waals surface area contributed by atoms with E-state index in [1.807, 2.05) is 12.1 Å². The van der Waals surface area contributed by atoms with Gasteiger partial charge in [-0.25, -0.2) is 0 Å². The number of rotatable bonds is 4. The minimum atomic E-state index is -0.702. The molecule has 3 nitrogen and oxygen atoms in total. The molecule has 1 aliphatic heterocycles. The van der Waals surface area contributed by atoms with Crippen LogP contribution in [0.3, 0.4) is 0 Å². The normalized spacial score (nSPS) is 21.3. The van der Waals surface area contributed by atoms with Gasteiger partial charge < -0.3 is 5.11 Å². The van der Waals surface area contributed by atoms with Crippen molar-refractivity contribution in [2.24, 2.45) is 0 Å². The Hall–Kier alpha value is -0.690. The predicted octanol–water partition coefficient (Wildman–Crippen LogP) is 4.60. The number of aliphatic carboxylic acids is 1. The standard InChI is InChI=1S/C15H16BrNO2S2/c16-13-7-6-12(21-13)14(11-5-3-9-20-11)17-8-2-1-4-10(17)15(18)19/h3,5-7,9-10,14H,1-2,4,8H2,(H,18,19). The van der Waals surface area contributed by atoms with Crippen LogP contribution in [0.1, 0.15) is 35.1 Å². The quantitative estimate of drug-likeness (QED) is 0.835. The molecule has 2 atom stereocenters. The van der Waals surface area contributed by atoms with Gasteiger partial charge in [0.1, 0.15) is 6.04 Å². The highest BCUT2D eigenvalue weighted by Crippen LogP contribution is 2.40. The molecule has 2 aromatic heterocycles. The summed E-state index contributed by atoms with van der Waals surface area (Å²) in [5, 5.41) is 11.6. The number of halogens is 1. The molecule has 2 aromatic rings. The summed E-state index contributed by atoms with van der Waals surface area (Å²) in [5.41, 5.74) is 0. The van der Waals surface area contributed by atoms with Gasteiger partial charge in [-0.2, -0.15) is 0 Å². The monoisotopic (exact) mass is 385 g/mol. The molecule has 3 heterocycles. The first-order valence-corrected chi connectivity index (χ1v) is 9.43. The lowest BCUT2D eigenvalue weighted by Crippen LogP contribution is -2.46. The zero-order chi connectivity index (χ0) is 14.8. The topological polar surface area (TPSA) is 40.5 Å². The summed E-state index contributed by atoms with van der Waals surface area (Å²) in [5.74, 6) is -0.702. The Balaban J connectivity index is 2.00. The van der Waals surface area contributed by atoms with Gasteiger partial charge in [-0.1, -0.05) is 12.5 Å². The van der Waals surface area contributed by atoms with Crippen LogP contribution in [0.4, 0.5) is 0 Å². The van der Waals surface area contributed by atoms with Gasteiger partial charge in [0.25, 0.3) is 0 Å². The average Bonchev–Trinajstić information content (AvgIpc) is 3.12. The maximum absolute atomic E-state index is 11.6. The molecule has 21 heavy (non-hydrogen) atoms. The molecule has 1 saturated heterocycles. The molecule has 0 bridgehead atoms. The second kappa shape index (κ2) is 6.60. The van der Waals surface area contributed by atoms with Crippen LogP contribution in [-0.4, -0.2) is 28.6 Å². The van der Waals surface area contributed by atoms with Crippen molar-refractivity contribution in [2.75, 3.05) is 6.54 Å². The first-order valence-electron chi connectivity index (χ1n) is 6.94. The molecule has 1 aliphatic rings. The second-order valence-electron chi connectivity index (χ2n) is 5.15. The molecular formula is C15H16BrNO2S2. The van der Waals surface area contributed by atoms with Crippen LogP contribution >= 0.6 is 38.6 Å². The molecule has 3 rings (SSSR count). The predicted molar refractivity (Wildman–Crippen MR) is 90.2 cm³/mol. The van der Waals surface area contributed by atoms with E-state index < -0.39 is 5.97 Å². The summed E-state index contributed by atoms with van der Waals surface area (Å²) in [4.78, 5) is 16.2. The lowest BCUT2D eigenvalue weighted by Gasteiger charge is -2.38. The molecule has 2 unspecified atom stereocenters. The Bertz CT molecular complexity index is 611. The van der Waals surface area contributed by atoms with E-state index in [1.54, 1.807) is 22.7 Å². The van der Waals surface area contributed by atoms with Crippen LogP contribution < -0.4 is 0 Å². The van der Waals surface area contributed by atoms with Crippen LogP contribution in [0.2, 0.25) is 0 Å². The van der Waals surface area contributed by atoms with Crippen LogP contribution in [0.25, 0.3) is 0 Å². The molecule has 112 valence electrons. The first kappa shape index (κ1) is 15.2. The van der Waals surface area contributed by atoms with Crippen molar-refractivity contribution in [1.82, 2.24) is 4.90 Å². The fourth-order valence-electron chi connectivity index (χ4n) is 2.92. The molecule has 1 N–H and O–H groups in total. The van der Waals surface area contributed by atoms with Gasteiger partial charge in [0.2, 0.25) is 0 Å². The second-order valence-corrected chi connectivity index (χ2v) is 8.62. The average molecular weight is 386 g/mol. The fraction of sp³-hybridized carbons (Fsp3) is 0.400. The van der Waals surface area contributed by atoms with E-state index in [9.17, 15) is 9.90 Å². The van der Waals surface area contributed by atoms with E-state index in [2.05, 4.69) is 38.3 Å². The maximum Gasteiger partial charge on any atom is 0.320 e. The van der Waals surface area contributed by atoms with E-state index in [1.165, 1.54) is 9.75 Å². The summed E-state index contributed by atoms with van der Waals surface area (Å²) < 4.78 is 1.09. The minimum Gasteiger partial charge on any atom is -0.480 e. The molecule has 0 saturated carbocycles. The minimum absolute atomic E-state index is 0.0581. The van der Waals surface area contributed by atoms with Gasteiger partial charge in [-0.15, -0.1) is 22.7 Å². The van der Waals surface area contributed by atoms with E-state index in [0.717, 1.165) is 29.6 Å². The Morgan fingerprint density at radius 2 is 2.19 bits per heavy atom. The molecule has 0 aromatic carbocycles. The molecule has 0 radical (unpaired) electrons. The Labute approximate surface area is 140 Å². The molecule has 6 heteroatoms. The number of likely N-dealkylation sites (tertiary alicyclic amines) is 1. The van der Waals surface area contributed by atoms with E-state index in [0.29, 0.717) is 0 Å². The third kappa shape index (κ3) is 3.23. The summed E-state index contributed by atoms with van der Waals surface area (Å²) in [6.45, 7) is 0.842. The largest absolute Gasteiger partial charge is 0.480 e. The lowest BCUT2D eigenvalue weighted by molar-refractivity contribution is -0.145. The number of thiophene rings is 2. The third-order valence-corrected chi connectivity index (χ3v) is 6.44. The Morgan fingerprint density at radius 1 is 1.33 bits per heavy atom. The smallest absolute Gasteiger partial charge is 0.320 e. The first-order chi connectivity index (χ1) is 10.2. The van der Waals surface area contributed by atoms with E-state index >= 15 is 0 Å². The summed E-state index contributed by atoms with van der Waals surface area (Å²) >= 11 is 6.91. The van der Waals surface area contributed by atoms with Crippen molar-refractivity contribution >= 4 is 44.6 Å². The van der Waals surface area contributed by atoms with Crippen molar-refractivity contribution in [2.45, 2.75) is 31.3 Å². The van der Waals surface area contributed by atoms with Crippen LogP contribution in [0.15, 0.2) is 33.4 Å². The van der Waals surface area contributed by atoms with Gasteiger partial charge in [0, 0.05) is 9.75 Å². The zero-order valence-electron chi connectivity index (χ0n) is 11.4. The summed E-state index contributed by atoms with van der Waals surface area (Å²) in [6, 6.07) is 7.97. The third-order valence-electron chi connectivity index (χ3n) is 3.84. The van der Waals surface area contributed by atoms with E-state index in [-0.39, 0.29) is 12.1 Å². The van der Waals surface area contributed by atoms with Crippen molar-refractivity contribution in [1.29, 1.82) is 0 Å². The number of piperidine rings is 1. The van der Waals surface area contributed by atoms with Crippen molar-refractivity contribution in [3.8, 4) is 0 Å².